The Balaban J connectivity index is 2.04. The highest BCUT2D eigenvalue weighted by Crippen LogP contribution is 2.21. The molecule has 4 nitrogen and oxygen atoms in total. The predicted octanol–water partition coefficient (Wildman–Crippen LogP) is 4.04. The molecule has 1 aliphatic carbocycles. The van der Waals surface area contributed by atoms with Crippen molar-refractivity contribution < 1.29 is 19.4 Å². The number of hydrogen-bond acceptors (Lipinski definition) is 3. The largest absolute Gasteiger partial charge is 0.478 e. The van der Waals surface area contributed by atoms with Gasteiger partial charge in [-0.15, -0.1) is 0 Å². The zero-order valence-electron chi connectivity index (χ0n) is 12.2. The molecule has 0 atom stereocenters. The molecule has 0 saturated heterocycles. The highest BCUT2D eigenvalue weighted by molar-refractivity contribution is 6.02. The third kappa shape index (κ3) is 4.59. The van der Waals surface area contributed by atoms with Crippen LogP contribution in [0.25, 0.3) is 0 Å². The number of hydrogen-bond donors (Lipinski definition) is 1. The van der Waals surface area contributed by atoms with E-state index in [0.29, 0.717) is 0 Å². The van der Waals surface area contributed by atoms with Gasteiger partial charge in [0.15, 0.2) is 0 Å². The Morgan fingerprint density at radius 3 is 2.00 bits per heavy atom. The van der Waals surface area contributed by atoms with E-state index in [1.807, 2.05) is 0 Å². The van der Waals surface area contributed by atoms with E-state index in [-0.39, 0.29) is 17.2 Å². The second kappa shape index (κ2) is 7.81. The Labute approximate surface area is 125 Å². The minimum Gasteiger partial charge on any atom is -0.478 e. The first-order chi connectivity index (χ1) is 10.2. The van der Waals surface area contributed by atoms with Crippen LogP contribution in [0.5, 0.6) is 0 Å². The molecule has 0 heterocycles. The lowest BCUT2D eigenvalue weighted by atomic mass is 10.1. The van der Waals surface area contributed by atoms with Crippen LogP contribution in [0.15, 0.2) is 24.3 Å². The van der Waals surface area contributed by atoms with Gasteiger partial charge in [0.2, 0.25) is 0 Å². The first-order valence-electron chi connectivity index (χ1n) is 7.72. The summed E-state index contributed by atoms with van der Waals surface area (Å²) in [4.78, 5) is 23.4. The normalized spacial score (nSPS) is 17.3. The summed E-state index contributed by atoms with van der Waals surface area (Å²) in [5.74, 6) is -1.62. The maximum atomic E-state index is 12.2. The molecular weight excluding hydrogens is 268 g/mol. The van der Waals surface area contributed by atoms with Gasteiger partial charge in [0.1, 0.15) is 6.10 Å². The molecule has 114 valence electrons. The van der Waals surface area contributed by atoms with Crippen LogP contribution in [0.4, 0.5) is 0 Å². The van der Waals surface area contributed by atoms with Gasteiger partial charge in [-0.05, 0) is 37.8 Å². The van der Waals surface area contributed by atoms with Gasteiger partial charge in [0.05, 0.1) is 11.1 Å². The lowest BCUT2D eigenvalue weighted by Gasteiger charge is -2.17. The van der Waals surface area contributed by atoms with Gasteiger partial charge in [0.25, 0.3) is 0 Å². The predicted molar refractivity (Wildman–Crippen MR) is 79.5 cm³/mol. The van der Waals surface area contributed by atoms with Gasteiger partial charge in [0, 0.05) is 0 Å². The molecule has 21 heavy (non-hydrogen) atoms. The molecule has 0 amide bonds. The molecule has 1 saturated carbocycles. The number of carbonyl (C=O) groups excluding carboxylic acids is 1. The molecule has 0 aromatic heterocycles. The van der Waals surface area contributed by atoms with E-state index >= 15 is 0 Å². The molecule has 2 rings (SSSR count). The van der Waals surface area contributed by atoms with Crippen molar-refractivity contribution in [3.63, 3.8) is 0 Å². The molecular formula is C17H22O4. The summed E-state index contributed by atoms with van der Waals surface area (Å²) in [5.41, 5.74) is 0.149. The summed E-state index contributed by atoms with van der Waals surface area (Å²) >= 11 is 0. The number of carboxylic acids is 1. The number of carboxylic acid groups (broad SMARTS) is 1. The zero-order valence-corrected chi connectivity index (χ0v) is 12.2. The van der Waals surface area contributed by atoms with Crippen molar-refractivity contribution in [2.24, 2.45) is 0 Å². The van der Waals surface area contributed by atoms with Crippen molar-refractivity contribution in [3.8, 4) is 0 Å². The number of benzene rings is 1. The van der Waals surface area contributed by atoms with Crippen molar-refractivity contribution in [1.29, 1.82) is 0 Å². The summed E-state index contributed by atoms with van der Waals surface area (Å²) in [6, 6.07) is 6.22. The SMILES string of the molecule is O=C(O)c1ccccc1C(=O)OC1CCCCCCCC1. The number of ether oxygens (including phenoxy) is 1. The molecule has 0 unspecified atom stereocenters. The van der Waals surface area contributed by atoms with Crippen LogP contribution in [-0.2, 0) is 4.74 Å². The molecule has 4 heteroatoms. The average Bonchev–Trinajstić information content (AvgIpc) is 2.61. The Morgan fingerprint density at radius 1 is 0.905 bits per heavy atom. The van der Waals surface area contributed by atoms with E-state index in [2.05, 4.69) is 0 Å². The van der Waals surface area contributed by atoms with Crippen molar-refractivity contribution in [1.82, 2.24) is 0 Å². The Morgan fingerprint density at radius 2 is 1.43 bits per heavy atom. The molecule has 0 bridgehead atoms. The number of aromatic carboxylic acids is 1. The summed E-state index contributed by atoms with van der Waals surface area (Å²) in [7, 11) is 0. The van der Waals surface area contributed by atoms with Crippen LogP contribution in [0.2, 0.25) is 0 Å². The summed E-state index contributed by atoms with van der Waals surface area (Å²) in [6.45, 7) is 0. The van der Waals surface area contributed by atoms with E-state index in [0.717, 1.165) is 25.7 Å². The molecule has 0 spiro atoms. The second-order valence-electron chi connectivity index (χ2n) is 5.58. The first kappa shape index (κ1) is 15.5. The summed E-state index contributed by atoms with van der Waals surface area (Å²) in [5, 5.41) is 9.13. The molecule has 1 fully saturated rings. The Kier molecular flexibility index (Phi) is 5.78. The van der Waals surface area contributed by atoms with Crippen LogP contribution in [0.3, 0.4) is 0 Å². The van der Waals surface area contributed by atoms with Crippen LogP contribution < -0.4 is 0 Å². The average molecular weight is 290 g/mol. The monoisotopic (exact) mass is 290 g/mol. The van der Waals surface area contributed by atoms with Crippen molar-refractivity contribution in [3.05, 3.63) is 35.4 Å². The van der Waals surface area contributed by atoms with Crippen molar-refractivity contribution in [2.75, 3.05) is 0 Å². The third-order valence-corrected chi connectivity index (χ3v) is 3.95. The fourth-order valence-corrected chi connectivity index (χ4v) is 2.78. The zero-order chi connectivity index (χ0) is 15.1. The lowest BCUT2D eigenvalue weighted by Crippen LogP contribution is -2.20. The maximum absolute atomic E-state index is 12.2. The fraction of sp³-hybridized carbons (Fsp3) is 0.529. The second-order valence-corrected chi connectivity index (χ2v) is 5.58. The van der Waals surface area contributed by atoms with Gasteiger partial charge in [-0.2, -0.15) is 0 Å². The number of esters is 1. The Hall–Kier alpha value is -1.84. The molecule has 1 aromatic carbocycles. The lowest BCUT2D eigenvalue weighted by molar-refractivity contribution is 0.0248. The topological polar surface area (TPSA) is 63.6 Å². The van der Waals surface area contributed by atoms with Gasteiger partial charge < -0.3 is 9.84 Å². The van der Waals surface area contributed by atoms with Crippen molar-refractivity contribution >= 4 is 11.9 Å². The maximum Gasteiger partial charge on any atom is 0.339 e. The minimum absolute atomic E-state index is 0.00515. The highest BCUT2D eigenvalue weighted by Gasteiger charge is 2.21. The van der Waals surface area contributed by atoms with Gasteiger partial charge in [-0.3, -0.25) is 0 Å². The van der Waals surface area contributed by atoms with Crippen LogP contribution in [0, 0.1) is 0 Å². The van der Waals surface area contributed by atoms with Crippen LogP contribution >= 0.6 is 0 Å². The molecule has 1 aromatic rings. The number of rotatable bonds is 3. The smallest absolute Gasteiger partial charge is 0.339 e. The third-order valence-electron chi connectivity index (χ3n) is 3.95. The van der Waals surface area contributed by atoms with Crippen molar-refractivity contribution in [2.45, 2.75) is 57.5 Å². The number of carbonyl (C=O) groups is 2. The van der Waals surface area contributed by atoms with Gasteiger partial charge in [-0.1, -0.05) is 37.8 Å². The van der Waals surface area contributed by atoms with E-state index in [4.69, 9.17) is 9.84 Å². The van der Waals surface area contributed by atoms with E-state index in [1.54, 1.807) is 12.1 Å². The van der Waals surface area contributed by atoms with E-state index in [1.165, 1.54) is 37.8 Å². The Bertz CT molecular complexity index is 485. The van der Waals surface area contributed by atoms with Gasteiger partial charge >= 0.3 is 11.9 Å². The molecule has 1 N–H and O–H groups in total. The van der Waals surface area contributed by atoms with Crippen LogP contribution in [0.1, 0.15) is 72.1 Å². The molecule has 0 aliphatic heterocycles. The summed E-state index contributed by atoms with van der Waals surface area (Å²) < 4.78 is 5.56. The van der Waals surface area contributed by atoms with Gasteiger partial charge in [-0.25, -0.2) is 9.59 Å². The quantitative estimate of drug-likeness (QED) is 0.853. The summed E-state index contributed by atoms with van der Waals surface area (Å²) in [6.07, 6.45) is 8.67. The molecule has 1 aliphatic rings. The van der Waals surface area contributed by atoms with Crippen LogP contribution in [-0.4, -0.2) is 23.1 Å². The van der Waals surface area contributed by atoms with E-state index < -0.39 is 11.9 Å². The van der Waals surface area contributed by atoms with E-state index in [9.17, 15) is 9.59 Å². The standard InChI is InChI=1S/C17H22O4/c18-16(19)14-11-7-8-12-15(14)17(20)21-13-9-5-3-1-2-4-6-10-13/h7-8,11-13H,1-6,9-10H2,(H,18,19). The molecule has 0 radical (unpaired) electrons. The minimum atomic E-state index is -1.10. The first-order valence-corrected chi connectivity index (χ1v) is 7.72. The fourth-order valence-electron chi connectivity index (χ4n) is 2.78. The highest BCUT2D eigenvalue weighted by atomic mass is 16.5.